The molecule has 0 saturated carbocycles. The van der Waals surface area contributed by atoms with Crippen molar-refractivity contribution >= 4 is 57.3 Å². The summed E-state index contributed by atoms with van der Waals surface area (Å²) in [7, 11) is -2.37. The van der Waals surface area contributed by atoms with E-state index in [0.29, 0.717) is 12.0 Å². The summed E-state index contributed by atoms with van der Waals surface area (Å²) < 4.78 is 29.9. The number of likely N-dealkylation sites (N-methyl/N-ethyl adjacent to an activating group) is 1. The molecule has 0 aliphatic carbocycles. The average molecular weight is 930 g/mol. The highest BCUT2D eigenvalue weighted by Gasteiger charge is 2.36. The van der Waals surface area contributed by atoms with Crippen LogP contribution in [0, 0.1) is 5.92 Å². The van der Waals surface area contributed by atoms with Gasteiger partial charge in [-0.15, -0.1) is 0 Å². The lowest BCUT2D eigenvalue weighted by molar-refractivity contribution is -0.146. The molecule has 1 aliphatic heterocycles. The second-order valence-corrected chi connectivity index (χ2v) is 18.5. The van der Waals surface area contributed by atoms with Crippen LogP contribution in [0.25, 0.3) is 0 Å². The molecule has 2 aromatic rings. The molecule has 0 radical (unpaired) electrons. The van der Waals surface area contributed by atoms with Crippen LogP contribution in [0.1, 0.15) is 76.8 Å². The van der Waals surface area contributed by atoms with Gasteiger partial charge >= 0.3 is 18.0 Å². The first kappa shape index (κ1) is 53.1. The normalized spacial score (nSPS) is 21.7. The fourth-order valence-electron chi connectivity index (χ4n) is 6.98. The largest absolute Gasteiger partial charge is 0.508 e. The van der Waals surface area contributed by atoms with Crippen LogP contribution in [0.4, 0.5) is 4.79 Å². The Hall–Kier alpha value is -6.25. The number of aromatic hydroxyl groups is 1. The highest BCUT2D eigenvalue weighted by molar-refractivity contribution is 7.90. The van der Waals surface area contributed by atoms with Crippen molar-refractivity contribution in [3.05, 3.63) is 65.7 Å². The number of amides is 7. The number of ether oxygens (including phenoxy) is 1. The van der Waals surface area contributed by atoms with Crippen LogP contribution in [0.5, 0.6) is 5.75 Å². The third-order valence-corrected chi connectivity index (χ3v) is 12.0. The van der Waals surface area contributed by atoms with Crippen molar-refractivity contribution in [2.24, 2.45) is 5.92 Å². The number of phenolic OH excluding ortho intramolecular Hbond substituents is 1. The lowest BCUT2D eigenvalue weighted by atomic mass is 9.99. The lowest BCUT2D eigenvalue weighted by Gasteiger charge is -2.32. The Bertz CT molecular complexity index is 2070. The number of esters is 1. The van der Waals surface area contributed by atoms with E-state index >= 15 is 0 Å². The second-order valence-electron chi connectivity index (χ2n) is 16.3. The summed E-state index contributed by atoms with van der Waals surface area (Å²) in [6.07, 6.45) is 1.58. The molecule has 358 valence electrons. The van der Waals surface area contributed by atoms with Crippen LogP contribution >= 0.6 is 0 Å². The number of carbonyl (C=O) groups excluding carboxylic acids is 7. The molecular weight excluding hydrogens is 867 g/mol. The molecule has 1 heterocycles. The standard InChI is InChI=1S/C44H63N7O13S/c1-6-27(2)37(43(59)60)50-44(61)49-32-14-10-11-24-45-38(54)35(26-64-28(3)52)48-41(57)36(22-18-30-15-19-31(53)20-16-30)51(4)42(58)34(21-17-29-12-8-7-9-13-29)47-40(56)33(46-39(32)55)23-25-65(5,62)63/h7-9,12-13,15-16,19-20,27,32-37,53H,6,10-11,14,17-18,21-26H2,1-5H3,(H,45,54)(H,46,55)(H,47,56)(H,48,57)(H,59,60)(H2,49,50,61). The minimum absolute atomic E-state index is 0.0105. The van der Waals surface area contributed by atoms with Gasteiger partial charge in [-0.25, -0.2) is 18.0 Å². The Balaban J connectivity index is 2.11. The number of carboxylic acid groups (broad SMARTS) is 1. The van der Waals surface area contributed by atoms with Crippen LogP contribution in [0.3, 0.4) is 0 Å². The number of carbonyl (C=O) groups is 8. The summed E-state index contributed by atoms with van der Waals surface area (Å²) in [5.41, 5.74) is 1.49. The van der Waals surface area contributed by atoms with Crippen molar-refractivity contribution in [3.63, 3.8) is 0 Å². The number of hydrogen-bond acceptors (Lipinski definition) is 12. The van der Waals surface area contributed by atoms with Gasteiger partial charge in [0, 0.05) is 26.8 Å². The van der Waals surface area contributed by atoms with Crippen molar-refractivity contribution in [2.45, 2.75) is 115 Å². The Morgan fingerprint density at radius 1 is 0.831 bits per heavy atom. The van der Waals surface area contributed by atoms with Crippen molar-refractivity contribution in [3.8, 4) is 5.75 Å². The van der Waals surface area contributed by atoms with E-state index < -0.39 is 118 Å². The first-order valence-corrected chi connectivity index (χ1v) is 23.6. The SMILES string of the molecule is CCC(C)C(NC(=O)NC1CCCCNC(=O)C(COC(C)=O)NC(=O)C(CCc2ccc(O)cc2)N(C)C(=O)C(CCc2ccccc2)NC(=O)C(CCS(C)(=O)=O)NC1=O)C(=O)O. The predicted octanol–water partition coefficient (Wildman–Crippen LogP) is 0.704. The molecule has 1 fully saturated rings. The molecule has 65 heavy (non-hydrogen) atoms. The molecule has 7 amide bonds. The maximum absolute atomic E-state index is 14.7. The molecule has 8 N–H and O–H groups in total. The Morgan fingerprint density at radius 3 is 2.06 bits per heavy atom. The van der Waals surface area contributed by atoms with Gasteiger partial charge in [-0.1, -0.05) is 62.7 Å². The smallest absolute Gasteiger partial charge is 0.326 e. The minimum atomic E-state index is -3.71. The molecular formula is C44H63N7O13S. The monoisotopic (exact) mass is 929 g/mol. The maximum atomic E-state index is 14.7. The average Bonchev–Trinajstić information content (AvgIpc) is 3.25. The number of nitrogens with one attached hydrogen (secondary N) is 6. The molecule has 0 spiro atoms. The number of benzene rings is 2. The fraction of sp³-hybridized carbons (Fsp3) is 0.545. The number of phenols is 1. The lowest BCUT2D eigenvalue weighted by Crippen LogP contribution is -2.60. The zero-order valence-corrected chi connectivity index (χ0v) is 38.3. The number of aliphatic carboxylic acids is 1. The minimum Gasteiger partial charge on any atom is -0.508 e. The van der Waals surface area contributed by atoms with E-state index in [-0.39, 0.29) is 57.2 Å². The number of rotatable bonds is 16. The third-order valence-electron chi connectivity index (χ3n) is 11.0. The molecule has 1 aliphatic rings. The molecule has 0 bridgehead atoms. The number of carboxylic acids is 1. The molecule has 2 aromatic carbocycles. The van der Waals surface area contributed by atoms with Crippen LogP contribution < -0.4 is 31.9 Å². The number of hydrogen-bond donors (Lipinski definition) is 8. The van der Waals surface area contributed by atoms with Gasteiger partial charge in [-0.3, -0.25) is 28.8 Å². The highest BCUT2D eigenvalue weighted by Crippen LogP contribution is 2.17. The second kappa shape index (κ2) is 25.9. The van der Waals surface area contributed by atoms with Crippen molar-refractivity contribution in [1.82, 2.24) is 36.8 Å². The summed E-state index contributed by atoms with van der Waals surface area (Å²) in [6, 6.07) is 5.81. The third kappa shape index (κ3) is 18.4. The van der Waals surface area contributed by atoms with Crippen LogP contribution in [0.15, 0.2) is 54.6 Å². The first-order valence-electron chi connectivity index (χ1n) is 21.6. The summed E-state index contributed by atoms with van der Waals surface area (Å²) in [5.74, 6) is -7.21. The van der Waals surface area contributed by atoms with E-state index in [2.05, 4.69) is 31.9 Å². The zero-order chi connectivity index (χ0) is 48.3. The molecule has 20 nitrogen and oxygen atoms in total. The highest BCUT2D eigenvalue weighted by atomic mass is 32.2. The molecule has 7 unspecified atom stereocenters. The van der Waals surface area contributed by atoms with Crippen molar-refractivity contribution < 1.29 is 61.7 Å². The van der Waals surface area contributed by atoms with Gasteiger partial charge in [-0.05, 0) is 80.5 Å². The summed E-state index contributed by atoms with van der Waals surface area (Å²) in [5, 5.41) is 35.0. The van der Waals surface area contributed by atoms with Crippen molar-refractivity contribution in [1.29, 1.82) is 0 Å². The summed E-state index contributed by atoms with van der Waals surface area (Å²) in [6.45, 7) is 3.91. The number of nitrogens with zero attached hydrogens (tertiary/aromatic N) is 1. The Kier molecular flexibility index (Phi) is 21.1. The topological polar surface area (TPSA) is 296 Å². The predicted molar refractivity (Wildman–Crippen MR) is 238 cm³/mol. The molecule has 7 atom stereocenters. The molecule has 0 aromatic heterocycles. The number of sulfone groups is 1. The van der Waals surface area contributed by atoms with Crippen LogP contribution in [0.2, 0.25) is 0 Å². The van der Waals surface area contributed by atoms with E-state index in [1.54, 1.807) is 44.2 Å². The quantitative estimate of drug-likeness (QED) is 0.108. The van der Waals surface area contributed by atoms with Gasteiger partial charge in [-0.2, -0.15) is 0 Å². The van der Waals surface area contributed by atoms with Gasteiger partial charge in [0.1, 0.15) is 58.4 Å². The van der Waals surface area contributed by atoms with E-state index in [1.165, 1.54) is 19.2 Å². The number of aryl methyl sites for hydroxylation is 2. The van der Waals surface area contributed by atoms with Crippen LogP contribution in [-0.4, -0.2) is 139 Å². The molecule has 21 heteroatoms. The Morgan fingerprint density at radius 2 is 1.45 bits per heavy atom. The van der Waals surface area contributed by atoms with E-state index in [9.17, 15) is 57.0 Å². The van der Waals surface area contributed by atoms with Crippen molar-refractivity contribution in [2.75, 3.05) is 32.2 Å². The zero-order valence-electron chi connectivity index (χ0n) is 37.5. The van der Waals surface area contributed by atoms with Gasteiger partial charge < -0.3 is 51.8 Å². The fourth-order valence-corrected chi connectivity index (χ4v) is 7.64. The van der Waals surface area contributed by atoms with Gasteiger partial charge in [0.2, 0.25) is 29.5 Å². The first-order chi connectivity index (χ1) is 30.7. The molecule has 1 saturated heterocycles. The van der Waals surface area contributed by atoms with E-state index in [0.717, 1.165) is 23.6 Å². The molecule has 3 rings (SSSR count). The number of urea groups is 1. The van der Waals surface area contributed by atoms with Gasteiger partial charge in [0.25, 0.3) is 0 Å². The van der Waals surface area contributed by atoms with Gasteiger partial charge in [0.15, 0.2) is 0 Å². The Labute approximate surface area is 379 Å². The van der Waals surface area contributed by atoms with Crippen LogP contribution in [-0.2, 0) is 61.0 Å². The van der Waals surface area contributed by atoms with E-state index in [4.69, 9.17) is 4.74 Å². The maximum Gasteiger partial charge on any atom is 0.326 e. The summed E-state index contributed by atoms with van der Waals surface area (Å²) >= 11 is 0. The van der Waals surface area contributed by atoms with E-state index in [1.807, 2.05) is 12.1 Å². The van der Waals surface area contributed by atoms with Gasteiger partial charge in [0.05, 0.1) is 5.75 Å². The summed E-state index contributed by atoms with van der Waals surface area (Å²) in [4.78, 5) is 109.